The number of benzene rings is 1. The van der Waals surface area contributed by atoms with Crippen LogP contribution in [0.25, 0.3) is 0 Å². The molecule has 0 unspecified atom stereocenters. The predicted molar refractivity (Wildman–Crippen MR) is 88.5 cm³/mol. The summed E-state index contributed by atoms with van der Waals surface area (Å²) in [6.07, 6.45) is 1.94. The fraction of sp³-hybridized carbons (Fsp3) is 0.571. The molecule has 5 nitrogen and oxygen atoms in total. The van der Waals surface area contributed by atoms with Crippen LogP contribution in [0.15, 0.2) is 23.1 Å². The second kappa shape index (κ2) is 8.63. The van der Waals surface area contributed by atoms with Crippen molar-refractivity contribution in [2.75, 3.05) is 25.7 Å². The van der Waals surface area contributed by atoms with Crippen molar-refractivity contribution in [3.63, 3.8) is 0 Å². The Hall–Kier alpha value is -0.760. The predicted octanol–water partition coefficient (Wildman–Crippen LogP) is 1.83. The molecule has 120 valence electrons. The number of sulfonamides is 1. The van der Waals surface area contributed by atoms with Gasteiger partial charge in [0, 0.05) is 24.9 Å². The molecule has 0 radical (unpaired) electrons. The van der Waals surface area contributed by atoms with Gasteiger partial charge in [0.15, 0.2) is 0 Å². The Labute approximate surface area is 131 Å². The molecule has 0 atom stereocenters. The van der Waals surface area contributed by atoms with Gasteiger partial charge in [-0.15, -0.1) is 0 Å². The van der Waals surface area contributed by atoms with Gasteiger partial charge >= 0.3 is 0 Å². The van der Waals surface area contributed by atoms with Gasteiger partial charge in [-0.25, -0.2) is 13.1 Å². The Kier molecular flexibility index (Phi) is 7.51. The Balaban J connectivity index is 2.92. The maximum absolute atomic E-state index is 12.2. The van der Waals surface area contributed by atoms with E-state index in [0.717, 1.165) is 11.3 Å². The second-order valence-electron chi connectivity index (χ2n) is 4.91. The van der Waals surface area contributed by atoms with E-state index in [-0.39, 0.29) is 4.90 Å². The van der Waals surface area contributed by atoms with Gasteiger partial charge in [-0.05, 0) is 24.0 Å². The molecule has 21 heavy (non-hydrogen) atoms. The molecule has 1 aromatic rings. The van der Waals surface area contributed by atoms with Crippen LogP contribution in [0.3, 0.4) is 0 Å². The number of nitrogens with one attached hydrogen (secondary N) is 2. The lowest BCUT2D eigenvalue weighted by Gasteiger charge is -2.13. The van der Waals surface area contributed by atoms with E-state index in [2.05, 4.69) is 23.9 Å². The molecular formula is C14H24N2O3S2. The van der Waals surface area contributed by atoms with E-state index in [1.165, 1.54) is 7.11 Å². The molecule has 0 aliphatic rings. The quantitative estimate of drug-likeness (QED) is 0.675. The van der Waals surface area contributed by atoms with Gasteiger partial charge in [-0.3, -0.25) is 0 Å². The smallest absolute Gasteiger partial charge is 0.244 e. The van der Waals surface area contributed by atoms with Crippen molar-refractivity contribution in [1.29, 1.82) is 0 Å². The first-order valence-electron chi connectivity index (χ1n) is 6.79. The molecule has 7 heteroatoms. The lowest BCUT2D eigenvalue weighted by Crippen LogP contribution is -2.26. The van der Waals surface area contributed by atoms with E-state index >= 15 is 0 Å². The molecule has 0 aliphatic carbocycles. The molecule has 0 heterocycles. The Morgan fingerprint density at radius 1 is 1.33 bits per heavy atom. The molecule has 0 spiro atoms. The van der Waals surface area contributed by atoms with Gasteiger partial charge in [0.1, 0.15) is 10.6 Å². The van der Waals surface area contributed by atoms with E-state index in [1.54, 1.807) is 30.0 Å². The van der Waals surface area contributed by atoms with Crippen molar-refractivity contribution >= 4 is 21.8 Å². The SMILES string of the molecule is COc1cc(CNC(C)C)ccc1S(=O)(=O)NCCSC. The van der Waals surface area contributed by atoms with Crippen LogP contribution in [0.2, 0.25) is 0 Å². The molecule has 2 N–H and O–H groups in total. The Bertz CT molecular complexity index is 545. The minimum Gasteiger partial charge on any atom is -0.495 e. The molecule has 0 saturated heterocycles. The van der Waals surface area contributed by atoms with Crippen molar-refractivity contribution in [2.45, 2.75) is 31.3 Å². The molecule has 0 aliphatic heterocycles. The van der Waals surface area contributed by atoms with Crippen LogP contribution in [0.1, 0.15) is 19.4 Å². The van der Waals surface area contributed by atoms with Crippen LogP contribution < -0.4 is 14.8 Å². The van der Waals surface area contributed by atoms with Gasteiger partial charge in [0.25, 0.3) is 0 Å². The number of methoxy groups -OCH3 is 1. The third kappa shape index (κ3) is 5.86. The number of ether oxygens (including phenoxy) is 1. The summed E-state index contributed by atoms with van der Waals surface area (Å²) in [7, 11) is -2.05. The maximum atomic E-state index is 12.2. The van der Waals surface area contributed by atoms with Crippen LogP contribution >= 0.6 is 11.8 Å². The zero-order valence-electron chi connectivity index (χ0n) is 13.0. The topological polar surface area (TPSA) is 67.4 Å². The van der Waals surface area contributed by atoms with Gasteiger partial charge in [-0.1, -0.05) is 19.9 Å². The van der Waals surface area contributed by atoms with E-state index in [0.29, 0.717) is 24.9 Å². The van der Waals surface area contributed by atoms with Crippen molar-refractivity contribution in [1.82, 2.24) is 10.0 Å². The van der Waals surface area contributed by atoms with Gasteiger partial charge in [-0.2, -0.15) is 11.8 Å². The first-order chi connectivity index (χ1) is 9.90. The van der Waals surface area contributed by atoms with E-state index < -0.39 is 10.0 Å². The summed E-state index contributed by atoms with van der Waals surface area (Å²) in [6, 6.07) is 5.53. The monoisotopic (exact) mass is 332 g/mol. The van der Waals surface area contributed by atoms with Crippen molar-refractivity contribution in [2.24, 2.45) is 0 Å². The first kappa shape index (κ1) is 18.3. The number of rotatable bonds is 9. The standard InChI is InChI=1S/C14H24N2O3S2/c1-11(2)15-10-12-5-6-14(13(9-12)19-3)21(17,18)16-7-8-20-4/h5-6,9,11,15-16H,7-8,10H2,1-4H3. The molecule has 0 saturated carbocycles. The summed E-state index contributed by atoms with van der Waals surface area (Å²) in [4.78, 5) is 0.180. The van der Waals surface area contributed by atoms with Gasteiger partial charge in [0.2, 0.25) is 10.0 Å². The van der Waals surface area contributed by atoms with Gasteiger partial charge < -0.3 is 10.1 Å². The van der Waals surface area contributed by atoms with E-state index in [1.807, 2.05) is 6.26 Å². The van der Waals surface area contributed by atoms with Crippen molar-refractivity contribution in [3.05, 3.63) is 23.8 Å². The normalized spacial score (nSPS) is 11.9. The van der Waals surface area contributed by atoms with Crippen LogP contribution in [0.4, 0.5) is 0 Å². The fourth-order valence-corrected chi connectivity index (χ4v) is 3.34. The number of hydrogen-bond donors (Lipinski definition) is 2. The Morgan fingerprint density at radius 3 is 2.62 bits per heavy atom. The highest BCUT2D eigenvalue weighted by molar-refractivity contribution is 7.98. The Morgan fingerprint density at radius 2 is 2.05 bits per heavy atom. The largest absolute Gasteiger partial charge is 0.495 e. The molecule has 1 rings (SSSR count). The van der Waals surface area contributed by atoms with Crippen LogP contribution in [-0.2, 0) is 16.6 Å². The summed E-state index contributed by atoms with van der Waals surface area (Å²) in [5.41, 5.74) is 0.989. The van der Waals surface area contributed by atoms with Crippen LogP contribution in [0.5, 0.6) is 5.75 Å². The molecule has 1 aromatic carbocycles. The van der Waals surface area contributed by atoms with Crippen LogP contribution in [0, 0.1) is 0 Å². The van der Waals surface area contributed by atoms with Crippen LogP contribution in [-0.4, -0.2) is 40.1 Å². The van der Waals surface area contributed by atoms with E-state index in [9.17, 15) is 8.42 Å². The van der Waals surface area contributed by atoms with E-state index in [4.69, 9.17) is 4.74 Å². The first-order valence-corrected chi connectivity index (χ1v) is 9.67. The zero-order chi connectivity index (χ0) is 15.9. The lowest BCUT2D eigenvalue weighted by atomic mass is 10.2. The highest BCUT2D eigenvalue weighted by Crippen LogP contribution is 2.25. The maximum Gasteiger partial charge on any atom is 0.244 e. The molecule has 0 aromatic heterocycles. The average molecular weight is 332 g/mol. The van der Waals surface area contributed by atoms with Crippen molar-refractivity contribution < 1.29 is 13.2 Å². The molecule has 0 bridgehead atoms. The second-order valence-corrected chi connectivity index (χ2v) is 7.63. The minimum absolute atomic E-state index is 0.180. The highest BCUT2D eigenvalue weighted by atomic mass is 32.2. The van der Waals surface area contributed by atoms with Gasteiger partial charge in [0.05, 0.1) is 7.11 Å². The molecular weight excluding hydrogens is 308 g/mol. The lowest BCUT2D eigenvalue weighted by molar-refractivity contribution is 0.401. The summed E-state index contributed by atoms with van der Waals surface area (Å²) in [6.45, 7) is 5.20. The molecule has 0 fully saturated rings. The molecule has 0 amide bonds. The third-order valence-corrected chi connectivity index (χ3v) is 4.94. The summed E-state index contributed by atoms with van der Waals surface area (Å²) < 4.78 is 32.3. The summed E-state index contributed by atoms with van der Waals surface area (Å²) >= 11 is 1.59. The fourth-order valence-electron chi connectivity index (χ4n) is 1.72. The zero-order valence-corrected chi connectivity index (χ0v) is 14.6. The van der Waals surface area contributed by atoms with Crippen molar-refractivity contribution in [3.8, 4) is 5.75 Å². The summed E-state index contributed by atoms with van der Waals surface area (Å²) in [5, 5.41) is 3.29. The average Bonchev–Trinajstić information content (AvgIpc) is 2.44. The number of thioether (sulfide) groups is 1. The highest BCUT2D eigenvalue weighted by Gasteiger charge is 2.19. The third-order valence-electron chi connectivity index (χ3n) is 2.83. The summed E-state index contributed by atoms with van der Waals surface area (Å²) in [5.74, 6) is 1.10. The number of hydrogen-bond acceptors (Lipinski definition) is 5. The minimum atomic E-state index is -3.53.